The molecule has 94 valence electrons. The molecule has 1 aromatic rings. The van der Waals surface area contributed by atoms with Crippen molar-refractivity contribution in [3.63, 3.8) is 0 Å². The van der Waals surface area contributed by atoms with E-state index in [0.717, 1.165) is 6.20 Å². The summed E-state index contributed by atoms with van der Waals surface area (Å²) in [5, 5.41) is 14.0. The third kappa shape index (κ3) is 2.45. The van der Waals surface area contributed by atoms with Crippen LogP contribution in [0.5, 0.6) is 5.75 Å². The van der Waals surface area contributed by atoms with Crippen molar-refractivity contribution >= 4 is 17.7 Å². The third-order valence-corrected chi connectivity index (χ3v) is 2.59. The molecule has 1 unspecified atom stereocenters. The molecular weight excluding hydrogens is 238 g/mol. The molecule has 0 aliphatic carbocycles. The van der Waals surface area contributed by atoms with Gasteiger partial charge >= 0.3 is 0 Å². The van der Waals surface area contributed by atoms with Gasteiger partial charge in [0, 0.05) is 12.6 Å². The number of piperidine rings is 1. The van der Waals surface area contributed by atoms with Gasteiger partial charge in [-0.3, -0.25) is 24.7 Å². The van der Waals surface area contributed by atoms with Gasteiger partial charge in [0.25, 0.3) is 5.91 Å². The van der Waals surface area contributed by atoms with Gasteiger partial charge in [0.2, 0.25) is 11.8 Å². The molecule has 0 saturated carbocycles. The summed E-state index contributed by atoms with van der Waals surface area (Å²) in [6, 6.07) is 0.582. The number of rotatable bonds is 2. The Bertz CT molecular complexity index is 515. The fraction of sp³-hybridized carbons (Fsp3) is 0.273. The number of aromatic hydroxyl groups is 1. The van der Waals surface area contributed by atoms with Gasteiger partial charge in [-0.1, -0.05) is 0 Å². The molecule has 18 heavy (non-hydrogen) atoms. The quantitative estimate of drug-likeness (QED) is 0.602. The van der Waals surface area contributed by atoms with Crippen molar-refractivity contribution in [2.24, 2.45) is 0 Å². The van der Waals surface area contributed by atoms with E-state index in [2.05, 4.69) is 15.6 Å². The van der Waals surface area contributed by atoms with Crippen molar-refractivity contribution in [3.8, 4) is 5.75 Å². The van der Waals surface area contributed by atoms with Gasteiger partial charge in [0.1, 0.15) is 11.8 Å². The standard InChI is InChI=1S/C11H11N3O4/c15-8-5-12-4-3-6(8)10(17)13-7-1-2-9(16)14-11(7)18/h3-5,7,15H,1-2H2,(H,13,17)(H,14,16,18). The average Bonchev–Trinajstić information content (AvgIpc) is 2.33. The fourth-order valence-electron chi connectivity index (χ4n) is 1.65. The van der Waals surface area contributed by atoms with Gasteiger partial charge in [-0.15, -0.1) is 0 Å². The highest BCUT2D eigenvalue weighted by Crippen LogP contribution is 2.14. The highest BCUT2D eigenvalue weighted by molar-refractivity contribution is 6.04. The topological polar surface area (TPSA) is 108 Å². The zero-order chi connectivity index (χ0) is 13.1. The van der Waals surface area contributed by atoms with Crippen molar-refractivity contribution in [2.45, 2.75) is 18.9 Å². The zero-order valence-electron chi connectivity index (χ0n) is 9.34. The maximum Gasteiger partial charge on any atom is 0.255 e. The Balaban J connectivity index is 2.06. The van der Waals surface area contributed by atoms with Gasteiger partial charge in [0.15, 0.2) is 0 Å². The van der Waals surface area contributed by atoms with Crippen LogP contribution in [0.15, 0.2) is 18.5 Å². The summed E-state index contributed by atoms with van der Waals surface area (Å²) in [6.45, 7) is 0. The number of aromatic nitrogens is 1. The molecule has 0 spiro atoms. The number of carbonyl (C=O) groups is 3. The van der Waals surface area contributed by atoms with Crippen LogP contribution in [-0.2, 0) is 9.59 Å². The molecule has 1 atom stereocenters. The molecular formula is C11H11N3O4. The van der Waals surface area contributed by atoms with Crippen molar-refractivity contribution in [2.75, 3.05) is 0 Å². The normalized spacial score (nSPS) is 19.2. The van der Waals surface area contributed by atoms with Crippen LogP contribution in [0.4, 0.5) is 0 Å². The Labute approximate surface area is 102 Å². The highest BCUT2D eigenvalue weighted by Gasteiger charge is 2.28. The minimum atomic E-state index is -0.761. The second kappa shape index (κ2) is 4.82. The Hall–Kier alpha value is -2.44. The summed E-state index contributed by atoms with van der Waals surface area (Å²) in [6.07, 6.45) is 2.93. The van der Waals surface area contributed by atoms with Crippen molar-refractivity contribution in [3.05, 3.63) is 24.0 Å². The molecule has 1 aliphatic rings. The van der Waals surface area contributed by atoms with Crippen molar-refractivity contribution in [1.82, 2.24) is 15.6 Å². The maximum atomic E-state index is 11.8. The predicted octanol–water partition coefficient (Wildman–Crippen LogP) is -0.678. The lowest BCUT2D eigenvalue weighted by Crippen LogP contribution is -2.52. The molecule has 0 aromatic carbocycles. The van der Waals surface area contributed by atoms with E-state index in [-0.39, 0.29) is 30.1 Å². The van der Waals surface area contributed by atoms with Gasteiger partial charge in [-0.25, -0.2) is 0 Å². The van der Waals surface area contributed by atoms with Crippen LogP contribution in [0.3, 0.4) is 0 Å². The van der Waals surface area contributed by atoms with Crippen LogP contribution in [0, 0.1) is 0 Å². The molecule has 3 amide bonds. The second-order valence-electron chi connectivity index (χ2n) is 3.87. The molecule has 7 heteroatoms. The molecule has 2 heterocycles. The van der Waals surface area contributed by atoms with Crippen molar-refractivity contribution in [1.29, 1.82) is 0 Å². The number of hydrogen-bond acceptors (Lipinski definition) is 5. The number of pyridine rings is 1. The van der Waals surface area contributed by atoms with E-state index in [1.807, 2.05) is 0 Å². The Morgan fingerprint density at radius 2 is 2.28 bits per heavy atom. The third-order valence-electron chi connectivity index (χ3n) is 2.59. The van der Waals surface area contributed by atoms with E-state index in [0.29, 0.717) is 0 Å². The molecule has 2 rings (SSSR count). The minimum absolute atomic E-state index is 0.0368. The molecule has 0 bridgehead atoms. The SMILES string of the molecule is O=C1CCC(NC(=O)c2ccncc2O)C(=O)N1. The first kappa shape index (κ1) is 12.0. The summed E-state index contributed by atoms with van der Waals surface area (Å²) >= 11 is 0. The molecule has 1 fully saturated rings. The number of hydrogen-bond donors (Lipinski definition) is 3. The highest BCUT2D eigenvalue weighted by atomic mass is 16.3. The van der Waals surface area contributed by atoms with Crippen molar-refractivity contribution < 1.29 is 19.5 Å². The Kier molecular flexibility index (Phi) is 3.22. The summed E-state index contributed by atoms with van der Waals surface area (Å²) < 4.78 is 0. The number of carbonyl (C=O) groups excluding carboxylic acids is 3. The first-order valence-electron chi connectivity index (χ1n) is 5.35. The first-order valence-corrected chi connectivity index (χ1v) is 5.35. The van der Waals surface area contributed by atoms with Crippen LogP contribution in [0.1, 0.15) is 23.2 Å². The summed E-state index contributed by atoms with van der Waals surface area (Å²) in [4.78, 5) is 37.8. The zero-order valence-corrected chi connectivity index (χ0v) is 9.34. The van der Waals surface area contributed by atoms with Crippen LogP contribution >= 0.6 is 0 Å². The lowest BCUT2D eigenvalue weighted by atomic mass is 10.1. The van der Waals surface area contributed by atoms with Crippen LogP contribution in [0.2, 0.25) is 0 Å². The molecule has 0 radical (unpaired) electrons. The number of imide groups is 1. The molecule has 1 saturated heterocycles. The molecule has 3 N–H and O–H groups in total. The van der Waals surface area contributed by atoms with Gasteiger partial charge in [-0.2, -0.15) is 0 Å². The largest absolute Gasteiger partial charge is 0.505 e. The number of amides is 3. The van der Waals surface area contributed by atoms with E-state index in [1.165, 1.54) is 12.3 Å². The Morgan fingerprint density at radius 1 is 1.50 bits per heavy atom. The first-order chi connectivity index (χ1) is 8.58. The van der Waals surface area contributed by atoms with Gasteiger partial charge < -0.3 is 10.4 Å². The Morgan fingerprint density at radius 3 is 2.94 bits per heavy atom. The summed E-state index contributed by atoms with van der Waals surface area (Å²) in [5.41, 5.74) is 0.0368. The second-order valence-corrected chi connectivity index (χ2v) is 3.87. The smallest absolute Gasteiger partial charge is 0.255 e. The van der Waals surface area contributed by atoms with E-state index in [4.69, 9.17) is 0 Å². The molecule has 7 nitrogen and oxygen atoms in total. The van der Waals surface area contributed by atoms with E-state index < -0.39 is 17.9 Å². The number of nitrogens with zero attached hydrogens (tertiary/aromatic N) is 1. The predicted molar refractivity (Wildman–Crippen MR) is 59.5 cm³/mol. The summed E-state index contributed by atoms with van der Waals surface area (Å²) in [7, 11) is 0. The lowest BCUT2D eigenvalue weighted by molar-refractivity contribution is -0.134. The molecule has 1 aromatic heterocycles. The summed E-state index contributed by atoms with van der Waals surface area (Å²) in [5.74, 6) is -1.72. The van der Waals surface area contributed by atoms with E-state index in [1.54, 1.807) is 0 Å². The average molecular weight is 249 g/mol. The minimum Gasteiger partial charge on any atom is -0.505 e. The fourth-order valence-corrected chi connectivity index (χ4v) is 1.65. The van der Waals surface area contributed by atoms with Crippen LogP contribution in [-0.4, -0.2) is 33.9 Å². The molecule has 1 aliphatic heterocycles. The van der Waals surface area contributed by atoms with Gasteiger partial charge in [0.05, 0.1) is 11.8 Å². The van der Waals surface area contributed by atoms with Gasteiger partial charge in [-0.05, 0) is 12.5 Å². The monoisotopic (exact) mass is 249 g/mol. The van der Waals surface area contributed by atoms with Crippen LogP contribution < -0.4 is 10.6 Å². The maximum absolute atomic E-state index is 11.8. The van der Waals surface area contributed by atoms with Crippen LogP contribution in [0.25, 0.3) is 0 Å². The number of nitrogens with one attached hydrogen (secondary N) is 2. The van der Waals surface area contributed by atoms with E-state index >= 15 is 0 Å². The van der Waals surface area contributed by atoms with E-state index in [9.17, 15) is 19.5 Å². The lowest BCUT2D eigenvalue weighted by Gasteiger charge is -2.21.